The average molecular weight is 217 g/mol. The molecule has 86 valence electrons. The third-order valence-corrected chi connectivity index (χ3v) is 2.07. The van der Waals surface area contributed by atoms with Crippen LogP contribution in [0.2, 0.25) is 0 Å². The zero-order valence-corrected chi connectivity index (χ0v) is 10.2. The van der Waals surface area contributed by atoms with E-state index in [-0.39, 0.29) is 0 Å². The molecule has 0 amide bonds. The smallest absolute Gasteiger partial charge is 0.144 e. The van der Waals surface area contributed by atoms with Gasteiger partial charge >= 0.3 is 0 Å². The highest BCUT2D eigenvalue weighted by Crippen LogP contribution is 2.16. The number of aromatic nitrogens is 1. The summed E-state index contributed by atoms with van der Waals surface area (Å²) >= 11 is 0. The van der Waals surface area contributed by atoms with Gasteiger partial charge in [-0.15, -0.1) is 0 Å². The molecule has 0 unspecified atom stereocenters. The van der Waals surface area contributed by atoms with Crippen molar-refractivity contribution in [3.8, 4) is 5.75 Å². The molecule has 0 aliphatic heterocycles. The van der Waals surface area contributed by atoms with Gasteiger partial charge in [0.1, 0.15) is 11.5 Å². The molecular formula is C14H19NO. The summed E-state index contributed by atoms with van der Waals surface area (Å²) in [5, 5.41) is 0. The first kappa shape index (κ1) is 12.4. The van der Waals surface area contributed by atoms with E-state index in [1.807, 2.05) is 44.5 Å². The van der Waals surface area contributed by atoms with Crippen molar-refractivity contribution in [3.63, 3.8) is 0 Å². The molecule has 0 saturated heterocycles. The minimum Gasteiger partial charge on any atom is -0.456 e. The minimum absolute atomic E-state index is 0.848. The Morgan fingerprint density at radius 3 is 2.81 bits per heavy atom. The van der Waals surface area contributed by atoms with Gasteiger partial charge in [0.2, 0.25) is 0 Å². The summed E-state index contributed by atoms with van der Waals surface area (Å²) in [6.45, 7) is 6.11. The Hall–Kier alpha value is -1.70. The maximum Gasteiger partial charge on any atom is 0.144 e. The Morgan fingerprint density at radius 2 is 2.12 bits per heavy atom. The van der Waals surface area contributed by atoms with Crippen molar-refractivity contribution in [2.24, 2.45) is 0 Å². The summed E-state index contributed by atoms with van der Waals surface area (Å²) in [5.41, 5.74) is 1.34. The number of allylic oxidation sites excluding steroid dienone is 5. The first-order chi connectivity index (χ1) is 7.84. The van der Waals surface area contributed by atoms with Gasteiger partial charge in [0.05, 0.1) is 0 Å². The Labute approximate surface area is 97.3 Å². The lowest BCUT2D eigenvalue weighted by Gasteiger charge is -2.02. The van der Waals surface area contributed by atoms with Crippen LogP contribution in [0.1, 0.15) is 27.2 Å². The van der Waals surface area contributed by atoms with E-state index in [2.05, 4.69) is 24.1 Å². The monoisotopic (exact) mass is 217 g/mol. The molecule has 1 aliphatic rings. The van der Waals surface area contributed by atoms with Gasteiger partial charge in [0, 0.05) is 12.4 Å². The van der Waals surface area contributed by atoms with E-state index in [1.165, 1.54) is 5.57 Å². The summed E-state index contributed by atoms with van der Waals surface area (Å²) in [4.78, 5) is 2.95. The number of aromatic amines is 1. The number of nitrogens with one attached hydrogen (secondary N) is 1. The largest absolute Gasteiger partial charge is 0.456 e. The fraction of sp³-hybridized carbons (Fsp3) is 0.286. The van der Waals surface area contributed by atoms with Gasteiger partial charge in [0.15, 0.2) is 0 Å². The van der Waals surface area contributed by atoms with Crippen molar-refractivity contribution < 1.29 is 4.74 Å². The molecule has 1 N–H and O–H groups in total. The summed E-state index contributed by atoms with van der Waals surface area (Å²) in [7, 11) is 0. The van der Waals surface area contributed by atoms with Crippen LogP contribution in [0, 0.1) is 0 Å². The number of H-pyrrole nitrogens is 1. The second kappa shape index (κ2) is 6.72. The first-order valence-electron chi connectivity index (χ1n) is 5.69. The van der Waals surface area contributed by atoms with Crippen LogP contribution in [0.4, 0.5) is 0 Å². The van der Waals surface area contributed by atoms with Gasteiger partial charge in [0.25, 0.3) is 0 Å². The fourth-order valence-electron chi connectivity index (χ4n) is 1.29. The summed E-state index contributed by atoms with van der Waals surface area (Å²) < 4.78 is 5.63. The van der Waals surface area contributed by atoms with Crippen LogP contribution >= 0.6 is 0 Å². The third-order valence-electron chi connectivity index (χ3n) is 2.07. The molecule has 0 atom stereocenters. The predicted octanol–water partition coefficient (Wildman–Crippen LogP) is 4.21. The molecule has 1 aliphatic carbocycles. The zero-order valence-electron chi connectivity index (χ0n) is 10.2. The van der Waals surface area contributed by atoms with Crippen LogP contribution in [0.15, 0.2) is 54.1 Å². The highest BCUT2D eigenvalue weighted by molar-refractivity contribution is 5.29. The topological polar surface area (TPSA) is 25.0 Å². The normalized spacial score (nSPS) is 14.2. The van der Waals surface area contributed by atoms with E-state index in [0.29, 0.717) is 0 Å². The molecular weight excluding hydrogens is 198 g/mol. The van der Waals surface area contributed by atoms with E-state index in [0.717, 1.165) is 17.9 Å². The van der Waals surface area contributed by atoms with Gasteiger partial charge in [-0.05, 0) is 31.6 Å². The SMILES string of the molecule is CC.CC1=CC=CC(Oc2cc[nH]c2)=CC1. The van der Waals surface area contributed by atoms with Crippen LogP contribution < -0.4 is 4.74 Å². The van der Waals surface area contributed by atoms with Gasteiger partial charge in [-0.3, -0.25) is 0 Å². The average Bonchev–Trinajstić information content (AvgIpc) is 2.73. The lowest BCUT2D eigenvalue weighted by atomic mass is 10.2. The molecule has 1 aromatic heterocycles. The number of hydrogen-bond acceptors (Lipinski definition) is 1. The Bertz CT molecular complexity index is 383. The van der Waals surface area contributed by atoms with Gasteiger partial charge in [-0.25, -0.2) is 0 Å². The van der Waals surface area contributed by atoms with Crippen molar-refractivity contribution in [3.05, 3.63) is 54.1 Å². The second-order valence-electron chi connectivity index (χ2n) is 3.33. The molecule has 1 heterocycles. The Balaban J connectivity index is 0.000000606. The third kappa shape index (κ3) is 3.81. The quantitative estimate of drug-likeness (QED) is 0.788. The van der Waals surface area contributed by atoms with Crippen molar-refractivity contribution in [1.82, 2.24) is 4.98 Å². The van der Waals surface area contributed by atoms with Crippen LogP contribution in [0.25, 0.3) is 0 Å². The highest BCUT2D eigenvalue weighted by atomic mass is 16.5. The maximum absolute atomic E-state index is 5.63. The molecule has 0 radical (unpaired) electrons. The van der Waals surface area contributed by atoms with Crippen molar-refractivity contribution in [2.75, 3.05) is 0 Å². The molecule has 0 fully saturated rings. The molecule has 1 aromatic rings. The minimum atomic E-state index is 0.848. The molecule has 2 heteroatoms. The lowest BCUT2D eigenvalue weighted by Crippen LogP contribution is -1.90. The molecule has 2 nitrogen and oxygen atoms in total. The van der Waals surface area contributed by atoms with Gasteiger partial charge in [-0.2, -0.15) is 0 Å². The zero-order chi connectivity index (χ0) is 11.8. The number of rotatable bonds is 2. The lowest BCUT2D eigenvalue weighted by molar-refractivity contribution is 0.443. The fourth-order valence-corrected chi connectivity index (χ4v) is 1.29. The van der Waals surface area contributed by atoms with E-state index < -0.39 is 0 Å². The molecule has 0 aromatic carbocycles. The standard InChI is InChI=1S/C12H13NO.C2H6/c1-10-3-2-4-11(6-5-10)14-12-7-8-13-9-12;1-2/h2-4,6-9,13H,5H2,1H3;1-2H3. The van der Waals surface area contributed by atoms with E-state index in [4.69, 9.17) is 4.74 Å². The van der Waals surface area contributed by atoms with Crippen molar-refractivity contribution in [2.45, 2.75) is 27.2 Å². The van der Waals surface area contributed by atoms with Crippen LogP contribution in [-0.2, 0) is 0 Å². The highest BCUT2D eigenvalue weighted by Gasteiger charge is 1.99. The molecule has 0 spiro atoms. The van der Waals surface area contributed by atoms with Crippen LogP contribution in [-0.4, -0.2) is 4.98 Å². The van der Waals surface area contributed by atoms with Gasteiger partial charge < -0.3 is 9.72 Å². The predicted molar refractivity (Wildman–Crippen MR) is 68.4 cm³/mol. The van der Waals surface area contributed by atoms with E-state index in [9.17, 15) is 0 Å². The number of ether oxygens (including phenoxy) is 1. The van der Waals surface area contributed by atoms with Gasteiger partial charge in [-0.1, -0.05) is 31.6 Å². The molecule has 16 heavy (non-hydrogen) atoms. The second-order valence-corrected chi connectivity index (χ2v) is 3.33. The van der Waals surface area contributed by atoms with Crippen molar-refractivity contribution >= 4 is 0 Å². The molecule has 0 saturated carbocycles. The van der Waals surface area contributed by atoms with Crippen LogP contribution in [0.5, 0.6) is 5.75 Å². The summed E-state index contributed by atoms with van der Waals surface area (Å²) in [5.74, 6) is 1.75. The first-order valence-corrected chi connectivity index (χ1v) is 5.69. The Kier molecular flexibility index (Phi) is 5.20. The van der Waals surface area contributed by atoms with Crippen molar-refractivity contribution in [1.29, 1.82) is 0 Å². The van der Waals surface area contributed by atoms with Crippen LogP contribution in [0.3, 0.4) is 0 Å². The molecule has 2 rings (SSSR count). The summed E-state index contributed by atoms with van der Waals surface area (Å²) in [6, 6.07) is 1.90. The maximum atomic E-state index is 5.63. The summed E-state index contributed by atoms with van der Waals surface area (Å²) in [6.07, 6.45) is 12.8. The molecule has 0 bridgehead atoms. The van der Waals surface area contributed by atoms with E-state index >= 15 is 0 Å². The Morgan fingerprint density at radius 1 is 1.31 bits per heavy atom. The van der Waals surface area contributed by atoms with E-state index in [1.54, 1.807) is 0 Å². The number of hydrogen-bond donors (Lipinski definition) is 1.